The first kappa shape index (κ1) is 14.4. The zero-order valence-electron chi connectivity index (χ0n) is 11.4. The average Bonchev–Trinajstić information content (AvgIpc) is 3.13. The van der Waals surface area contributed by atoms with Crippen molar-refractivity contribution in [2.75, 3.05) is 11.5 Å². The molecule has 2 N–H and O–H groups in total. The number of halogens is 1. The molecule has 112 valence electrons. The Balaban J connectivity index is 1.82. The van der Waals surface area contributed by atoms with Gasteiger partial charge in [-0.05, 0) is 42.7 Å². The van der Waals surface area contributed by atoms with E-state index in [0.29, 0.717) is 25.0 Å². The quantitative estimate of drug-likeness (QED) is 0.892. The molecule has 0 aromatic heterocycles. The van der Waals surface area contributed by atoms with Gasteiger partial charge in [-0.25, -0.2) is 9.18 Å². The lowest BCUT2D eigenvalue weighted by Gasteiger charge is -2.27. The van der Waals surface area contributed by atoms with Gasteiger partial charge in [-0.2, -0.15) is 11.8 Å². The largest absolute Gasteiger partial charge is 0.479 e. The number of carbonyl (C=O) groups is 2. The van der Waals surface area contributed by atoms with Gasteiger partial charge >= 0.3 is 5.97 Å². The summed E-state index contributed by atoms with van der Waals surface area (Å²) in [7, 11) is 0. The van der Waals surface area contributed by atoms with Gasteiger partial charge in [-0.3, -0.25) is 4.79 Å². The van der Waals surface area contributed by atoms with Crippen LogP contribution in [0.5, 0.6) is 0 Å². The number of amides is 1. The molecule has 21 heavy (non-hydrogen) atoms. The van der Waals surface area contributed by atoms with E-state index in [9.17, 15) is 19.1 Å². The predicted molar refractivity (Wildman–Crippen MR) is 77.8 cm³/mol. The van der Waals surface area contributed by atoms with Crippen molar-refractivity contribution in [2.45, 2.75) is 30.2 Å². The van der Waals surface area contributed by atoms with Gasteiger partial charge in [0.05, 0.1) is 5.41 Å². The van der Waals surface area contributed by atoms with E-state index in [1.165, 1.54) is 23.9 Å². The minimum atomic E-state index is -1.16. The third-order valence-electron chi connectivity index (χ3n) is 4.37. The SMILES string of the molecule is O=C(O)C1(NC(=O)C2(c3ccc(F)cc3)CC2)CCSC1. The maximum Gasteiger partial charge on any atom is 0.330 e. The van der Waals surface area contributed by atoms with Crippen molar-refractivity contribution in [3.8, 4) is 0 Å². The molecule has 1 amide bonds. The zero-order chi connectivity index (χ0) is 15.1. The number of aliphatic carboxylic acids is 1. The highest BCUT2D eigenvalue weighted by atomic mass is 32.2. The van der Waals surface area contributed by atoms with E-state index in [4.69, 9.17) is 0 Å². The summed E-state index contributed by atoms with van der Waals surface area (Å²) in [5, 5.41) is 12.2. The van der Waals surface area contributed by atoms with E-state index in [1.807, 2.05) is 0 Å². The van der Waals surface area contributed by atoms with Crippen molar-refractivity contribution in [1.29, 1.82) is 0 Å². The van der Waals surface area contributed by atoms with Crippen LogP contribution >= 0.6 is 11.8 Å². The van der Waals surface area contributed by atoms with Gasteiger partial charge in [-0.1, -0.05) is 12.1 Å². The number of rotatable bonds is 4. The number of carboxylic acids is 1. The third-order valence-corrected chi connectivity index (χ3v) is 5.56. The van der Waals surface area contributed by atoms with Gasteiger partial charge in [0.25, 0.3) is 0 Å². The summed E-state index contributed by atoms with van der Waals surface area (Å²) in [6.07, 6.45) is 1.79. The van der Waals surface area contributed by atoms with Crippen LogP contribution in [0.2, 0.25) is 0 Å². The second kappa shape index (κ2) is 5.02. The zero-order valence-corrected chi connectivity index (χ0v) is 12.2. The van der Waals surface area contributed by atoms with Crippen molar-refractivity contribution in [1.82, 2.24) is 5.32 Å². The van der Waals surface area contributed by atoms with Crippen LogP contribution in [0.1, 0.15) is 24.8 Å². The lowest BCUT2D eigenvalue weighted by atomic mass is 9.92. The van der Waals surface area contributed by atoms with Crippen LogP contribution in [0.3, 0.4) is 0 Å². The third kappa shape index (κ3) is 2.41. The van der Waals surface area contributed by atoms with E-state index in [2.05, 4.69) is 5.32 Å². The summed E-state index contributed by atoms with van der Waals surface area (Å²) in [6.45, 7) is 0. The van der Waals surface area contributed by atoms with Gasteiger partial charge < -0.3 is 10.4 Å². The Labute approximate surface area is 126 Å². The number of nitrogens with one attached hydrogen (secondary N) is 1. The lowest BCUT2D eigenvalue weighted by molar-refractivity contribution is -0.146. The predicted octanol–water partition coefficient (Wildman–Crippen LogP) is 1.93. The molecule has 1 aliphatic heterocycles. The maximum atomic E-state index is 13.0. The van der Waals surface area contributed by atoms with Gasteiger partial charge in [0.15, 0.2) is 0 Å². The molecule has 2 fully saturated rings. The van der Waals surface area contributed by atoms with Crippen molar-refractivity contribution in [3.05, 3.63) is 35.6 Å². The van der Waals surface area contributed by atoms with E-state index >= 15 is 0 Å². The molecule has 0 bridgehead atoms. The van der Waals surface area contributed by atoms with Gasteiger partial charge in [-0.15, -0.1) is 0 Å². The molecule has 1 aromatic carbocycles. The number of hydrogen-bond acceptors (Lipinski definition) is 3. The molecule has 1 saturated heterocycles. The van der Waals surface area contributed by atoms with Gasteiger partial charge in [0.2, 0.25) is 5.91 Å². The molecule has 1 aliphatic carbocycles. The number of hydrogen-bond donors (Lipinski definition) is 2. The highest BCUT2D eigenvalue weighted by Crippen LogP contribution is 2.49. The molecule has 4 nitrogen and oxygen atoms in total. The van der Waals surface area contributed by atoms with Crippen molar-refractivity contribution in [2.24, 2.45) is 0 Å². The van der Waals surface area contributed by atoms with E-state index in [-0.39, 0.29) is 11.7 Å². The summed E-state index contributed by atoms with van der Waals surface area (Å²) in [5.41, 5.74) is -1.08. The number of carbonyl (C=O) groups excluding carboxylic acids is 1. The molecule has 1 unspecified atom stereocenters. The maximum absolute atomic E-state index is 13.0. The van der Waals surface area contributed by atoms with Gasteiger partial charge in [0.1, 0.15) is 11.4 Å². The number of carboxylic acid groups (broad SMARTS) is 1. The first-order chi connectivity index (χ1) is 9.98. The van der Waals surface area contributed by atoms with Crippen molar-refractivity contribution < 1.29 is 19.1 Å². The van der Waals surface area contributed by atoms with Crippen LogP contribution in [-0.2, 0) is 15.0 Å². The second-order valence-corrected chi connectivity index (χ2v) is 6.84. The Morgan fingerprint density at radius 3 is 2.33 bits per heavy atom. The molecule has 0 radical (unpaired) electrons. The summed E-state index contributed by atoms with van der Waals surface area (Å²) in [6, 6.07) is 5.89. The Kier molecular flexibility index (Phi) is 3.43. The standard InChI is InChI=1S/C15H16FNO3S/c16-11-3-1-10(2-4-11)14(5-6-14)12(18)17-15(13(19)20)7-8-21-9-15/h1-4H,5-9H2,(H,17,18)(H,19,20). The summed E-state index contributed by atoms with van der Waals surface area (Å²) in [4.78, 5) is 24.1. The van der Waals surface area contributed by atoms with Crippen LogP contribution in [0.15, 0.2) is 24.3 Å². The minimum absolute atomic E-state index is 0.251. The molecule has 1 aromatic rings. The fraction of sp³-hybridized carbons (Fsp3) is 0.467. The molecule has 1 atom stereocenters. The number of thioether (sulfide) groups is 1. The molecule has 0 spiro atoms. The fourth-order valence-corrected chi connectivity index (χ4v) is 4.09. The highest BCUT2D eigenvalue weighted by Gasteiger charge is 2.54. The van der Waals surface area contributed by atoms with Crippen LogP contribution in [0, 0.1) is 5.82 Å². The molecule has 2 aliphatic rings. The molecular weight excluding hydrogens is 293 g/mol. The Bertz CT molecular complexity index is 577. The van der Waals surface area contributed by atoms with E-state index in [1.54, 1.807) is 12.1 Å². The minimum Gasteiger partial charge on any atom is -0.479 e. The fourth-order valence-electron chi connectivity index (χ4n) is 2.76. The highest BCUT2D eigenvalue weighted by molar-refractivity contribution is 7.99. The second-order valence-electron chi connectivity index (χ2n) is 5.73. The normalized spacial score (nSPS) is 26.3. The molecule has 6 heteroatoms. The summed E-state index contributed by atoms with van der Waals surface area (Å²) in [5.74, 6) is -0.442. The van der Waals surface area contributed by atoms with Crippen molar-refractivity contribution in [3.63, 3.8) is 0 Å². The van der Waals surface area contributed by atoms with Crippen LogP contribution in [-0.4, -0.2) is 34.0 Å². The molecule has 3 rings (SSSR count). The first-order valence-corrected chi connectivity index (χ1v) is 8.04. The number of benzene rings is 1. The average molecular weight is 309 g/mol. The molecular formula is C15H16FNO3S. The van der Waals surface area contributed by atoms with Crippen LogP contribution < -0.4 is 5.32 Å². The van der Waals surface area contributed by atoms with E-state index < -0.39 is 16.9 Å². The Morgan fingerprint density at radius 1 is 1.19 bits per heavy atom. The monoisotopic (exact) mass is 309 g/mol. The van der Waals surface area contributed by atoms with E-state index in [0.717, 1.165) is 11.3 Å². The molecule has 1 saturated carbocycles. The Hall–Kier alpha value is -1.56. The van der Waals surface area contributed by atoms with Crippen molar-refractivity contribution >= 4 is 23.6 Å². The lowest BCUT2D eigenvalue weighted by Crippen LogP contribution is -2.57. The first-order valence-electron chi connectivity index (χ1n) is 6.88. The smallest absolute Gasteiger partial charge is 0.330 e. The summed E-state index contributed by atoms with van der Waals surface area (Å²) >= 11 is 1.54. The van der Waals surface area contributed by atoms with Gasteiger partial charge in [0, 0.05) is 5.75 Å². The van der Waals surface area contributed by atoms with Crippen LogP contribution in [0.4, 0.5) is 4.39 Å². The summed E-state index contributed by atoms with van der Waals surface area (Å²) < 4.78 is 13.0. The molecule has 1 heterocycles. The Morgan fingerprint density at radius 2 is 1.86 bits per heavy atom. The topological polar surface area (TPSA) is 66.4 Å². The van der Waals surface area contributed by atoms with Crippen LogP contribution in [0.25, 0.3) is 0 Å².